The summed E-state index contributed by atoms with van der Waals surface area (Å²) in [6, 6.07) is 0. The first-order valence-corrected chi connectivity index (χ1v) is 3.53. The molecule has 1 rings (SSSR count). The molecule has 1 unspecified atom stereocenters. The van der Waals surface area contributed by atoms with Crippen molar-refractivity contribution in [3.8, 4) is 0 Å². The predicted octanol–water partition coefficient (Wildman–Crippen LogP) is 0.134. The van der Waals surface area contributed by atoms with E-state index in [4.69, 9.17) is 10.2 Å². The molecule has 74 valence electrons. The summed E-state index contributed by atoms with van der Waals surface area (Å²) in [6.45, 7) is 0. The molecule has 0 fully saturated rings. The van der Waals surface area contributed by atoms with Crippen molar-refractivity contribution >= 4 is 17.7 Å². The third kappa shape index (κ3) is 1.68. The van der Waals surface area contributed by atoms with E-state index in [2.05, 4.69) is 0 Å². The number of ketones is 1. The highest BCUT2D eigenvalue weighted by atomic mass is 19.1. The Morgan fingerprint density at radius 3 is 2.29 bits per heavy atom. The Morgan fingerprint density at radius 2 is 1.86 bits per heavy atom. The Hall–Kier alpha value is -1.98. The van der Waals surface area contributed by atoms with E-state index in [1.54, 1.807) is 0 Å². The summed E-state index contributed by atoms with van der Waals surface area (Å²) in [5.74, 6) is -7.10. The first kappa shape index (κ1) is 10.1. The smallest absolute Gasteiger partial charge is 0.339 e. The van der Waals surface area contributed by atoms with Crippen molar-refractivity contribution < 1.29 is 29.0 Å². The molecule has 0 heterocycles. The Balaban J connectivity index is 3.13. The number of carbonyl (C=O) groups excluding carboxylic acids is 1. The number of hydrogen-bond acceptors (Lipinski definition) is 3. The molecule has 1 aliphatic carbocycles. The number of carboxylic acid groups (broad SMARTS) is 2. The van der Waals surface area contributed by atoms with Crippen LogP contribution in [-0.4, -0.2) is 27.9 Å². The lowest BCUT2D eigenvalue weighted by Crippen LogP contribution is -2.22. The zero-order chi connectivity index (χ0) is 10.9. The summed E-state index contributed by atoms with van der Waals surface area (Å²) in [6.07, 6.45) is 1.27. The third-order valence-corrected chi connectivity index (χ3v) is 1.65. The van der Waals surface area contributed by atoms with Gasteiger partial charge in [0, 0.05) is 0 Å². The van der Waals surface area contributed by atoms with Crippen LogP contribution in [0.4, 0.5) is 4.39 Å². The average molecular weight is 200 g/mol. The number of rotatable bonds is 2. The summed E-state index contributed by atoms with van der Waals surface area (Å²) < 4.78 is 12.7. The van der Waals surface area contributed by atoms with Crippen molar-refractivity contribution in [2.45, 2.75) is 0 Å². The Morgan fingerprint density at radius 1 is 1.29 bits per heavy atom. The maximum absolute atomic E-state index is 12.7. The molecule has 0 aliphatic heterocycles. The van der Waals surface area contributed by atoms with Crippen LogP contribution in [0, 0.1) is 5.92 Å². The maximum atomic E-state index is 12.7. The SMILES string of the molecule is O=C(O)C1=CC(C(=O)O)C=C(F)C1=O. The molecule has 2 N–H and O–H groups in total. The number of carboxylic acids is 2. The van der Waals surface area contributed by atoms with E-state index in [0.29, 0.717) is 12.2 Å². The second-order valence-corrected chi connectivity index (χ2v) is 2.59. The molecule has 0 aromatic heterocycles. The summed E-state index contributed by atoms with van der Waals surface area (Å²) >= 11 is 0. The highest BCUT2D eigenvalue weighted by molar-refractivity contribution is 6.23. The van der Waals surface area contributed by atoms with Gasteiger partial charge in [0.05, 0.1) is 5.92 Å². The lowest BCUT2D eigenvalue weighted by atomic mass is 9.95. The molecule has 0 aromatic rings. The number of hydrogen-bond donors (Lipinski definition) is 2. The van der Waals surface area contributed by atoms with Gasteiger partial charge in [-0.1, -0.05) is 0 Å². The topological polar surface area (TPSA) is 91.7 Å². The molecular formula is C8H5FO5. The molecule has 14 heavy (non-hydrogen) atoms. The largest absolute Gasteiger partial charge is 0.481 e. The molecule has 1 atom stereocenters. The van der Waals surface area contributed by atoms with Crippen LogP contribution < -0.4 is 0 Å². The minimum atomic E-state index is -1.63. The fourth-order valence-corrected chi connectivity index (χ4v) is 0.976. The fraction of sp³-hybridized carbons (Fsp3) is 0.125. The molecule has 6 heteroatoms. The third-order valence-electron chi connectivity index (χ3n) is 1.65. The van der Waals surface area contributed by atoms with Crippen molar-refractivity contribution in [2.75, 3.05) is 0 Å². The van der Waals surface area contributed by atoms with Gasteiger partial charge in [0.15, 0.2) is 5.83 Å². The molecule has 0 radical (unpaired) electrons. The van der Waals surface area contributed by atoms with Crippen molar-refractivity contribution in [1.29, 1.82) is 0 Å². The number of aliphatic carboxylic acids is 2. The molecule has 0 amide bonds. The zero-order valence-corrected chi connectivity index (χ0v) is 6.73. The Bertz CT molecular complexity index is 379. The molecule has 0 saturated carbocycles. The van der Waals surface area contributed by atoms with Crippen molar-refractivity contribution in [1.82, 2.24) is 0 Å². The highest BCUT2D eigenvalue weighted by Gasteiger charge is 2.30. The summed E-state index contributed by atoms with van der Waals surface area (Å²) in [5.41, 5.74) is -0.850. The van der Waals surface area contributed by atoms with E-state index in [9.17, 15) is 18.8 Å². The van der Waals surface area contributed by atoms with E-state index in [1.165, 1.54) is 0 Å². The van der Waals surface area contributed by atoms with Crippen LogP contribution >= 0.6 is 0 Å². The first-order valence-electron chi connectivity index (χ1n) is 3.53. The van der Waals surface area contributed by atoms with Crippen molar-refractivity contribution in [3.05, 3.63) is 23.6 Å². The van der Waals surface area contributed by atoms with Gasteiger partial charge in [0.2, 0.25) is 5.78 Å². The van der Waals surface area contributed by atoms with Gasteiger partial charge in [-0.3, -0.25) is 9.59 Å². The van der Waals surface area contributed by atoms with Crippen LogP contribution in [0.1, 0.15) is 0 Å². The summed E-state index contributed by atoms with van der Waals surface area (Å²) in [5, 5.41) is 16.9. The van der Waals surface area contributed by atoms with Gasteiger partial charge in [-0.15, -0.1) is 0 Å². The van der Waals surface area contributed by atoms with Crippen LogP contribution in [0.3, 0.4) is 0 Å². The number of carbonyl (C=O) groups is 3. The normalized spacial score (nSPS) is 21.2. The monoisotopic (exact) mass is 200 g/mol. The van der Waals surface area contributed by atoms with Gasteiger partial charge in [-0.25, -0.2) is 9.18 Å². The number of allylic oxidation sites excluding steroid dienone is 1. The Labute approximate surface area is 77.1 Å². The van der Waals surface area contributed by atoms with Crippen LogP contribution in [0.15, 0.2) is 23.6 Å². The first-order chi connectivity index (χ1) is 6.43. The van der Waals surface area contributed by atoms with Crippen LogP contribution in [0.25, 0.3) is 0 Å². The fourth-order valence-electron chi connectivity index (χ4n) is 0.976. The second kappa shape index (κ2) is 3.41. The van der Waals surface area contributed by atoms with Gasteiger partial charge in [-0.05, 0) is 12.2 Å². The zero-order valence-electron chi connectivity index (χ0n) is 6.73. The Kier molecular flexibility index (Phi) is 2.46. The standard InChI is InChI=1S/C8H5FO5/c9-5-2-3(7(11)12)1-4(6(5)10)8(13)14/h1-3H,(H,11,12)(H,13,14). The molecular weight excluding hydrogens is 195 g/mol. The molecule has 1 aliphatic rings. The van der Waals surface area contributed by atoms with E-state index >= 15 is 0 Å². The van der Waals surface area contributed by atoms with E-state index in [-0.39, 0.29) is 0 Å². The minimum Gasteiger partial charge on any atom is -0.481 e. The lowest BCUT2D eigenvalue weighted by molar-refractivity contribution is -0.138. The van der Waals surface area contributed by atoms with Crippen LogP contribution in [-0.2, 0) is 14.4 Å². The average Bonchev–Trinajstić information content (AvgIpc) is 2.08. The number of halogens is 1. The minimum absolute atomic E-state index is 0.567. The lowest BCUT2D eigenvalue weighted by Gasteiger charge is -2.09. The van der Waals surface area contributed by atoms with Gasteiger partial charge < -0.3 is 10.2 Å². The van der Waals surface area contributed by atoms with Crippen LogP contribution in [0.5, 0.6) is 0 Å². The van der Waals surface area contributed by atoms with Gasteiger partial charge in [-0.2, -0.15) is 0 Å². The van der Waals surface area contributed by atoms with E-state index < -0.39 is 35.0 Å². The van der Waals surface area contributed by atoms with Gasteiger partial charge >= 0.3 is 11.9 Å². The molecule has 0 spiro atoms. The predicted molar refractivity (Wildman–Crippen MR) is 41.0 cm³/mol. The molecule has 0 aromatic carbocycles. The summed E-state index contributed by atoms with van der Waals surface area (Å²) in [7, 11) is 0. The quantitative estimate of drug-likeness (QED) is 0.618. The van der Waals surface area contributed by atoms with E-state index in [1.807, 2.05) is 0 Å². The highest BCUT2D eigenvalue weighted by Crippen LogP contribution is 2.20. The van der Waals surface area contributed by atoms with Gasteiger partial charge in [0.1, 0.15) is 5.57 Å². The van der Waals surface area contributed by atoms with Gasteiger partial charge in [0.25, 0.3) is 0 Å². The second-order valence-electron chi connectivity index (χ2n) is 2.59. The molecule has 5 nitrogen and oxygen atoms in total. The molecule has 0 bridgehead atoms. The van der Waals surface area contributed by atoms with E-state index in [0.717, 1.165) is 0 Å². The number of Topliss-reactive ketones (excluding diaryl/α,β-unsaturated/α-hetero) is 1. The molecule has 0 saturated heterocycles. The summed E-state index contributed by atoms with van der Waals surface area (Å²) in [4.78, 5) is 31.7. The van der Waals surface area contributed by atoms with Crippen molar-refractivity contribution in [2.24, 2.45) is 5.92 Å². The van der Waals surface area contributed by atoms with Crippen molar-refractivity contribution in [3.63, 3.8) is 0 Å². The van der Waals surface area contributed by atoms with Crippen LogP contribution in [0.2, 0.25) is 0 Å². The maximum Gasteiger partial charge on any atom is 0.339 e.